The summed E-state index contributed by atoms with van der Waals surface area (Å²) >= 11 is 7.74. The second-order valence-corrected chi connectivity index (χ2v) is 11.6. The van der Waals surface area contributed by atoms with Crippen molar-refractivity contribution in [1.82, 2.24) is 45.2 Å². The highest BCUT2D eigenvalue weighted by atomic mass is 35.5. The molecule has 3 aromatic heterocycles. The monoisotopic (exact) mass is 517 g/mol. The molecule has 2 bridgehead atoms. The van der Waals surface area contributed by atoms with Crippen LogP contribution in [0, 0.1) is 6.92 Å². The summed E-state index contributed by atoms with van der Waals surface area (Å²) in [6, 6.07) is 5.34. The van der Waals surface area contributed by atoms with Crippen molar-refractivity contribution < 1.29 is 4.79 Å². The molecule has 2 aliphatic rings. The molecule has 2 fully saturated rings. The standard InChI is InChI=1S/C23H32ClN9OS/c1-14(2)23-29-28-15(3)33(23)18-10-16-4-5-17(11-18)31(16)9-8-19(20-6-7-21(24)35-20)27-22(34)12-32-26-13-25-30-32/h6-7,13-14,16-19H,4-5,8-12H2,1-3H3,(H,27,34)/t16-,17+,18-,19-/m0/s1. The van der Waals surface area contributed by atoms with E-state index in [2.05, 4.69) is 61.2 Å². The molecule has 0 radical (unpaired) electrons. The van der Waals surface area contributed by atoms with E-state index < -0.39 is 0 Å². The minimum atomic E-state index is -0.136. The average molecular weight is 518 g/mol. The number of carbonyl (C=O) groups is 1. The van der Waals surface area contributed by atoms with Crippen molar-refractivity contribution in [3.8, 4) is 0 Å². The Morgan fingerprint density at radius 2 is 1.97 bits per heavy atom. The van der Waals surface area contributed by atoms with E-state index in [1.54, 1.807) is 0 Å². The molecule has 0 aliphatic carbocycles. The van der Waals surface area contributed by atoms with E-state index in [0.717, 1.165) is 46.7 Å². The molecule has 4 atom stereocenters. The molecule has 35 heavy (non-hydrogen) atoms. The molecule has 2 aliphatic heterocycles. The van der Waals surface area contributed by atoms with E-state index in [9.17, 15) is 4.79 Å². The number of carbonyl (C=O) groups excluding carboxylic acids is 1. The molecular weight excluding hydrogens is 486 g/mol. The molecule has 5 rings (SSSR count). The van der Waals surface area contributed by atoms with Crippen LogP contribution in [0.25, 0.3) is 0 Å². The number of rotatable bonds is 9. The zero-order valence-corrected chi connectivity index (χ0v) is 21.9. The van der Waals surface area contributed by atoms with Crippen LogP contribution in [0.5, 0.6) is 0 Å². The Labute approximate surface area is 214 Å². The van der Waals surface area contributed by atoms with Gasteiger partial charge in [-0.15, -0.1) is 31.7 Å². The minimum Gasteiger partial charge on any atom is -0.347 e. The summed E-state index contributed by atoms with van der Waals surface area (Å²) in [4.78, 5) is 17.7. The smallest absolute Gasteiger partial charge is 0.244 e. The first-order chi connectivity index (χ1) is 16.9. The molecule has 0 saturated carbocycles. The number of nitrogens with zero attached hydrogens (tertiary/aromatic N) is 8. The van der Waals surface area contributed by atoms with Gasteiger partial charge in [0.1, 0.15) is 18.2 Å². The normalized spacial score (nSPS) is 23.2. The van der Waals surface area contributed by atoms with Crippen molar-refractivity contribution in [2.24, 2.45) is 0 Å². The van der Waals surface area contributed by atoms with Crippen LogP contribution >= 0.6 is 22.9 Å². The molecule has 2 saturated heterocycles. The van der Waals surface area contributed by atoms with Crippen LogP contribution in [0.2, 0.25) is 4.34 Å². The molecular formula is C23H32ClN9OS. The van der Waals surface area contributed by atoms with E-state index >= 15 is 0 Å². The number of fused-ring (bicyclic) bond motifs is 2. The summed E-state index contributed by atoms with van der Waals surface area (Å²) in [7, 11) is 0. The van der Waals surface area contributed by atoms with E-state index in [1.165, 1.54) is 35.3 Å². The summed E-state index contributed by atoms with van der Waals surface area (Å²) in [5, 5.41) is 23.4. The Morgan fingerprint density at radius 1 is 1.20 bits per heavy atom. The first-order valence-electron chi connectivity index (χ1n) is 12.3. The lowest BCUT2D eigenvalue weighted by Crippen LogP contribution is -2.45. The third-order valence-corrected chi connectivity index (χ3v) is 8.60. The number of amides is 1. The van der Waals surface area contributed by atoms with Crippen molar-refractivity contribution in [3.05, 3.63) is 39.3 Å². The van der Waals surface area contributed by atoms with E-state index in [4.69, 9.17) is 11.6 Å². The fraction of sp³-hybridized carbons (Fsp3) is 0.652. The number of thiophene rings is 1. The van der Waals surface area contributed by atoms with E-state index in [-0.39, 0.29) is 18.5 Å². The molecule has 0 unspecified atom stereocenters. The van der Waals surface area contributed by atoms with E-state index in [0.29, 0.717) is 24.0 Å². The Balaban J connectivity index is 1.25. The Hall–Kier alpha value is -2.37. The Kier molecular flexibility index (Phi) is 7.17. The van der Waals surface area contributed by atoms with Gasteiger partial charge in [0, 0.05) is 35.5 Å². The van der Waals surface area contributed by atoms with Crippen molar-refractivity contribution in [1.29, 1.82) is 0 Å². The van der Waals surface area contributed by atoms with Crippen LogP contribution in [0.3, 0.4) is 0 Å². The Bertz CT molecular complexity index is 1130. The summed E-state index contributed by atoms with van der Waals surface area (Å²) in [6.07, 6.45) is 6.84. The predicted octanol–water partition coefficient (Wildman–Crippen LogP) is 3.53. The number of hydrogen-bond acceptors (Lipinski definition) is 8. The topological polar surface area (TPSA) is 107 Å². The third-order valence-electron chi connectivity index (χ3n) is 7.26. The number of nitrogens with one attached hydrogen (secondary N) is 1. The molecule has 12 heteroatoms. The number of hydrogen-bond donors (Lipinski definition) is 1. The van der Waals surface area contributed by atoms with Crippen LogP contribution in [-0.2, 0) is 11.3 Å². The largest absolute Gasteiger partial charge is 0.347 e. The van der Waals surface area contributed by atoms with Crippen molar-refractivity contribution >= 4 is 28.8 Å². The maximum Gasteiger partial charge on any atom is 0.244 e. The zero-order chi connectivity index (χ0) is 24.5. The summed E-state index contributed by atoms with van der Waals surface area (Å²) in [6.45, 7) is 7.42. The molecule has 0 aromatic carbocycles. The van der Waals surface area contributed by atoms with Gasteiger partial charge in [-0.05, 0) is 56.4 Å². The van der Waals surface area contributed by atoms with E-state index in [1.807, 2.05) is 12.1 Å². The van der Waals surface area contributed by atoms with Gasteiger partial charge in [0.05, 0.1) is 10.4 Å². The number of halogens is 1. The summed E-state index contributed by atoms with van der Waals surface area (Å²) in [5.41, 5.74) is 0. The van der Waals surface area contributed by atoms with Crippen LogP contribution in [0.15, 0.2) is 18.5 Å². The van der Waals surface area contributed by atoms with Gasteiger partial charge in [-0.25, -0.2) is 0 Å². The molecule has 188 valence electrons. The fourth-order valence-corrected chi connectivity index (χ4v) is 6.91. The molecule has 1 N–H and O–H groups in total. The lowest BCUT2D eigenvalue weighted by atomic mass is 9.95. The quantitative estimate of drug-likeness (QED) is 0.462. The highest BCUT2D eigenvalue weighted by Gasteiger charge is 2.42. The third kappa shape index (κ3) is 5.26. The van der Waals surface area contributed by atoms with Gasteiger partial charge in [0.25, 0.3) is 0 Å². The van der Waals surface area contributed by atoms with Crippen molar-refractivity contribution in [3.63, 3.8) is 0 Å². The number of aromatic nitrogens is 7. The van der Waals surface area contributed by atoms with Gasteiger partial charge < -0.3 is 9.88 Å². The van der Waals surface area contributed by atoms with Gasteiger partial charge in [0.2, 0.25) is 5.91 Å². The van der Waals surface area contributed by atoms with Crippen molar-refractivity contribution in [2.45, 2.75) is 89.5 Å². The first-order valence-corrected chi connectivity index (χ1v) is 13.5. The first kappa shape index (κ1) is 24.3. The number of piperidine rings is 1. The fourth-order valence-electron chi connectivity index (χ4n) is 5.76. The van der Waals surface area contributed by atoms with Gasteiger partial charge in [-0.2, -0.15) is 4.80 Å². The number of tetrazole rings is 1. The van der Waals surface area contributed by atoms with Crippen LogP contribution in [0.4, 0.5) is 0 Å². The highest BCUT2D eigenvalue weighted by Crippen LogP contribution is 2.42. The Morgan fingerprint density at radius 3 is 2.60 bits per heavy atom. The molecule has 10 nitrogen and oxygen atoms in total. The molecule has 1 amide bonds. The maximum atomic E-state index is 12.7. The van der Waals surface area contributed by atoms with Gasteiger partial charge in [-0.1, -0.05) is 25.4 Å². The van der Waals surface area contributed by atoms with Crippen LogP contribution in [-0.4, -0.2) is 64.4 Å². The SMILES string of the molecule is Cc1nnc(C(C)C)n1[C@@H]1C[C@H]2CC[C@@H](C1)N2CC[C@H](NC(=O)Cn1ncnn1)c1ccc(Cl)s1. The van der Waals surface area contributed by atoms with Crippen LogP contribution < -0.4 is 5.32 Å². The predicted molar refractivity (Wildman–Crippen MR) is 133 cm³/mol. The van der Waals surface area contributed by atoms with Crippen LogP contribution in [0.1, 0.15) is 80.5 Å². The van der Waals surface area contributed by atoms with Crippen molar-refractivity contribution in [2.75, 3.05) is 6.54 Å². The molecule has 5 heterocycles. The maximum absolute atomic E-state index is 12.7. The average Bonchev–Trinajstić information content (AvgIpc) is 3.60. The summed E-state index contributed by atoms with van der Waals surface area (Å²) in [5.74, 6) is 2.34. The minimum absolute atomic E-state index is 0.0444. The molecule has 0 spiro atoms. The van der Waals surface area contributed by atoms with Gasteiger partial charge in [-0.3, -0.25) is 9.69 Å². The lowest BCUT2D eigenvalue weighted by molar-refractivity contribution is -0.122. The highest BCUT2D eigenvalue weighted by molar-refractivity contribution is 7.16. The second kappa shape index (κ2) is 10.3. The molecule has 3 aromatic rings. The number of aryl methyl sites for hydroxylation is 1. The zero-order valence-electron chi connectivity index (χ0n) is 20.3. The van der Waals surface area contributed by atoms with Gasteiger partial charge in [0.15, 0.2) is 6.33 Å². The second-order valence-electron chi connectivity index (χ2n) is 9.90. The van der Waals surface area contributed by atoms with Gasteiger partial charge >= 0.3 is 0 Å². The lowest BCUT2D eigenvalue weighted by Gasteiger charge is -2.40. The summed E-state index contributed by atoms with van der Waals surface area (Å²) < 4.78 is 3.12.